The molecule has 28 heavy (non-hydrogen) atoms. The lowest BCUT2D eigenvalue weighted by molar-refractivity contribution is 0.0953. The fourth-order valence-electron chi connectivity index (χ4n) is 3.18. The number of halogens is 1. The van der Waals surface area contributed by atoms with E-state index in [2.05, 4.69) is 20.9 Å². The number of carbonyl (C=O) groups is 1. The number of imidazole rings is 1. The van der Waals surface area contributed by atoms with Gasteiger partial charge in [0.1, 0.15) is 5.82 Å². The van der Waals surface area contributed by atoms with Crippen LogP contribution in [0, 0.1) is 0 Å². The van der Waals surface area contributed by atoms with Crippen molar-refractivity contribution < 1.29 is 4.79 Å². The van der Waals surface area contributed by atoms with Crippen molar-refractivity contribution in [3.05, 3.63) is 95.0 Å². The molecule has 5 nitrogen and oxygen atoms in total. The smallest absolute Gasteiger partial charge is 0.252 e. The number of para-hydroxylation sites is 2. The summed E-state index contributed by atoms with van der Waals surface area (Å²) in [6, 6.07) is 19.3. The van der Waals surface area contributed by atoms with E-state index in [9.17, 15) is 4.79 Å². The van der Waals surface area contributed by atoms with Crippen LogP contribution in [0.5, 0.6) is 0 Å². The number of nitrogens with zero attached hydrogens (tertiary/aromatic N) is 3. The Balaban J connectivity index is 1.55. The molecule has 0 aliphatic rings. The molecule has 0 saturated heterocycles. The van der Waals surface area contributed by atoms with Crippen LogP contribution < -0.4 is 5.32 Å². The maximum atomic E-state index is 12.2. The highest BCUT2D eigenvalue weighted by Crippen LogP contribution is 2.22. The Morgan fingerprint density at radius 1 is 1.04 bits per heavy atom. The van der Waals surface area contributed by atoms with Crippen LogP contribution >= 0.6 is 11.6 Å². The number of amides is 1. The Labute approximate surface area is 168 Å². The average molecular weight is 391 g/mol. The Kier molecular flexibility index (Phi) is 5.35. The summed E-state index contributed by atoms with van der Waals surface area (Å²) in [6.07, 6.45) is 3.82. The fraction of sp³-hybridized carbons (Fsp3) is 0.136. The van der Waals surface area contributed by atoms with Gasteiger partial charge in [0.15, 0.2) is 0 Å². The molecule has 1 N–H and O–H groups in total. The van der Waals surface area contributed by atoms with Crippen molar-refractivity contribution in [2.24, 2.45) is 0 Å². The molecule has 0 atom stereocenters. The van der Waals surface area contributed by atoms with Crippen molar-refractivity contribution in [2.45, 2.75) is 13.0 Å². The molecule has 0 spiro atoms. The van der Waals surface area contributed by atoms with E-state index in [4.69, 9.17) is 16.6 Å². The minimum atomic E-state index is -0.137. The van der Waals surface area contributed by atoms with E-state index in [0.717, 1.165) is 27.4 Å². The molecule has 0 aliphatic heterocycles. The van der Waals surface area contributed by atoms with Gasteiger partial charge in [0.05, 0.1) is 23.1 Å². The van der Waals surface area contributed by atoms with Gasteiger partial charge in [-0.2, -0.15) is 0 Å². The number of rotatable bonds is 6. The summed E-state index contributed by atoms with van der Waals surface area (Å²) in [5.41, 5.74) is 3.57. The number of aromatic nitrogens is 3. The summed E-state index contributed by atoms with van der Waals surface area (Å²) < 4.78 is 2.16. The van der Waals surface area contributed by atoms with Crippen LogP contribution in [0.2, 0.25) is 5.02 Å². The molecule has 0 radical (unpaired) electrons. The molecule has 0 bridgehead atoms. The first-order valence-corrected chi connectivity index (χ1v) is 9.46. The predicted molar refractivity (Wildman–Crippen MR) is 111 cm³/mol. The van der Waals surface area contributed by atoms with Crippen LogP contribution in [-0.4, -0.2) is 27.0 Å². The normalized spacial score (nSPS) is 10.9. The van der Waals surface area contributed by atoms with Gasteiger partial charge >= 0.3 is 0 Å². The molecular weight excluding hydrogens is 372 g/mol. The van der Waals surface area contributed by atoms with Crippen LogP contribution in [-0.2, 0) is 13.0 Å². The standard InChI is InChI=1S/C22H19ClN4O/c23-18-8-2-1-6-17(18)15-27-20-10-4-3-9-19(20)26-21(27)11-13-25-22(28)16-7-5-12-24-14-16/h1-10,12,14H,11,13,15H2,(H,25,28). The molecule has 1 amide bonds. The van der Waals surface area contributed by atoms with Crippen molar-refractivity contribution in [2.75, 3.05) is 6.54 Å². The van der Waals surface area contributed by atoms with Crippen LogP contribution in [0.25, 0.3) is 11.0 Å². The van der Waals surface area contributed by atoms with Gasteiger partial charge < -0.3 is 9.88 Å². The predicted octanol–water partition coefficient (Wildman–Crippen LogP) is 4.11. The first kappa shape index (κ1) is 18.2. The minimum absolute atomic E-state index is 0.137. The first-order valence-electron chi connectivity index (χ1n) is 9.08. The quantitative estimate of drug-likeness (QED) is 0.539. The van der Waals surface area contributed by atoms with E-state index in [-0.39, 0.29) is 5.91 Å². The molecule has 140 valence electrons. The molecule has 2 aromatic heterocycles. The Bertz CT molecular complexity index is 1110. The molecule has 2 aromatic carbocycles. The molecule has 6 heteroatoms. The summed E-state index contributed by atoms with van der Waals surface area (Å²) in [5, 5.41) is 3.67. The van der Waals surface area contributed by atoms with Crippen LogP contribution in [0.4, 0.5) is 0 Å². The minimum Gasteiger partial charge on any atom is -0.352 e. The summed E-state index contributed by atoms with van der Waals surface area (Å²) in [6.45, 7) is 1.12. The second-order valence-corrected chi connectivity index (χ2v) is 6.85. The van der Waals surface area contributed by atoms with Crippen LogP contribution in [0.15, 0.2) is 73.1 Å². The van der Waals surface area contributed by atoms with E-state index in [0.29, 0.717) is 25.1 Å². The van der Waals surface area contributed by atoms with Crippen molar-refractivity contribution >= 4 is 28.5 Å². The second-order valence-electron chi connectivity index (χ2n) is 6.44. The molecule has 4 aromatic rings. The van der Waals surface area contributed by atoms with Crippen molar-refractivity contribution in [1.29, 1.82) is 0 Å². The van der Waals surface area contributed by atoms with Gasteiger partial charge in [0.25, 0.3) is 5.91 Å². The molecule has 4 rings (SSSR count). The zero-order chi connectivity index (χ0) is 19.3. The number of carbonyl (C=O) groups excluding carboxylic acids is 1. The summed E-state index contributed by atoms with van der Waals surface area (Å²) in [7, 11) is 0. The molecule has 0 aliphatic carbocycles. The van der Waals surface area contributed by atoms with Crippen LogP contribution in [0.1, 0.15) is 21.7 Å². The van der Waals surface area contributed by atoms with E-state index < -0.39 is 0 Å². The third-order valence-corrected chi connectivity index (χ3v) is 4.95. The maximum Gasteiger partial charge on any atom is 0.252 e. The highest BCUT2D eigenvalue weighted by Gasteiger charge is 2.13. The maximum absolute atomic E-state index is 12.2. The van der Waals surface area contributed by atoms with Crippen molar-refractivity contribution in [3.63, 3.8) is 0 Å². The van der Waals surface area contributed by atoms with Gasteiger partial charge in [-0.25, -0.2) is 4.98 Å². The Morgan fingerprint density at radius 2 is 1.86 bits per heavy atom. The van der Waals surface area contributed by atoms with Gasteiger partial charge in [-0.05, 0) is 35.9 Å². The van der Waals surface area contributed by atoms with Gasteiger partial charge in [-0.15, -0.1) is 0 Å². The Hall–Kier alpha value is -3.18. The fourth-order valence-corrected chi connectivity index (χ4v) is 3.37. The number of hydrogen-bond donors (Lipinski definition) is 1. The molecular formula is C22H19ClN4O. The first-order chi connectivity index (χ1) is 13.7. The largest absolute Gasteiger partial charge is 0.352 e. The number of hydrogen-bond acceptors (Lipinski definition) is 3. The van der Waals surface area contributed by atoms with Crippen molar-refractivity contribution in [3.8, 4) is 0 Å². The third kappa shape index (κ3) is 3.89. The van der Waals surface area contributed by atoms with E-state index in [1.54, 1.807) is 24.5 Å². The second kappa shape index (κ2) is 8.23. The highest BCUT2D eigenvalue weighted by molar-refractivity contribution is 6.31. The monoisotopic (exact) mass is 390 g/mol. The van der Waals surface area contributed by atoms with Gasteiger partial charge in [0.2, 0.25) is 0 Å². The highest BCUT2D eigenvalue weighted by atomic mass is 35.5. The molecule has 2 heterocycles. The number of pyridine rings is 1. The van der Waals surface area contributed by atoms with Crippen LogP contribution in [0.3, 0.4) is 0 Å². The Morgan fingerprint density at radius 3 is 2.68 bits per heavy atom. The number of benzene rings is 2. The summed E-state index contributed by atoms with van der Waals surface area (Å²) >= 11 is 6.36. The van der Waals surface area contributed by atoms with Crippen molar-refractivity contribution in [1.82, 2.24) is 19.9 Å². The third-order valence-electron chi connectivity index (χ3n) is 4.58. The zero-order valence-electron chi connectivity index (χ0n) is 15.2. The summed E-state index contributed by atoms with van der Waals surface area (Å²) in [5.74, 6) is 0.773. The van der Waals surface area contributed by atoms with Gasteiger partial charge in [-0.3, -0.25) is 9.78 Å². The van der Waals surface area contributed by atoms with Gasteiger partial charge in [0, 0.05) is 30.4 Å². The SMILES string of the molecule is O=C(NCCc1nc2ccccc2n1Cc1ccccc1Cl)c1cccnc1. The lowest BCUT2D eigenvalue weighted by Crippen LogP contribution is -2.26. The number of nitrogens with one attached hydrogen (secondary N) is 1. The molecule has 0 saturated carbocycles. The summed E-state index contributed by atoms with van der Waals surface area (Å²) in [4.78, 5) is 21.0. The number of fused-ring (bicyclic) bond motifs is 1. The lowest BCUT2D eigenvalue weighted by atomic mass is 10.2. The zero-order valence-corrected chi connectivity index (χ0v) is 15.9. The lowest BCUT2D eigenvalue weighted by Gasteiger charge is -2.11. The average Bonchev–Trinajstić information content (AvgIpc) is 3.08. The molecule has 0 fully saturated rings. The topological polar surface area (TPSA) is 59.8 Å². The van der Waals surface area contributed by atoms with E-state index in [1.807, 2.05) is 42.5 Å². The molecule has 0 unspecified atom stereocenters. The van der Waals surface area contributed by atoms with Gasteiger partial charge in [-0.1, -0.05) is 41.9 Å². The van der Waals surface area contributed by atoms with E-state index >= 15 is 0 Å². The van der Waals surface area contributed by atoms with E-state index in [1.165, 1.54) is 0 Å².